The number of hydrogen-bond donors (Lipinski definition) is 3. The Kier molecular flexibility index (Phi) is 5.74. The van der Waals surface area contributed by atoms with E-state index in [-0.39, 0.29) is 18.0 Å². The van der Waals surface area contributed by atoms with Crippen molar-refractivity contribution in [3.05, 3.63) is 82.5 Å². The number of aryl methyl sites for hydroxylation is 1. The smallest absolute Gasteiger partial charge is 0.319 e. The maximum Gasteiger partial charge on any atom is 0.319 e. The highest BCUT2D eigenvalue weighted by molar-refractivity contribution is 6.31. The monoisotopic (exact) mass is 436 g/mol. The number of urea groups is 1. The highest BCUT2D eigenvalue weighted by Crippen LogP contribution is 2.36. The van der Waals surface area contributed by atoms with Crippen LogP contribution < -0.4 is 16.0 Å². The number of carbonyl (C=O) groups is 2. The van der Waals surface area contributed by atoms with Crippen molar-refractivity contribution >= 4 is 34.9 Å². The second-order valence-electron chi connectivity index (χ2n) is 7.97. The third-order valence-electron chi connectivity index (χ3n) is 5.77. The molecule has 3 amide bonds. The van der Waals surface area contributed by atoms with Crippen molar-refractivity contribution in [2.45, 2.75) is 38.9 Å². The van der Waals surface area contributed by atoms with E-state index in [9.17, 15) is 9.59 Å². The molecule has 2 aromatic rings. The molecule has 1 fully saturated rings. The Hall–Kier alpha value is -3.25. The number of carbonyl (C=O) groups excluding carboxylic acids is 2. The summed E-state index contributed by atoms with van der Waals surface area (Å²) >= 11 is 6.11. The first kappa shape index (κ1) is 21.0. The van der Waals surface area contributed by atoms with Gasteiger partial charge in [-0.05, 0) is 42.2 Å². The Balaban J connectivity index is 1.38. The molecule has 0 radical (unpaired) electrons. The van der Waals surface area contributed by atoms with Gasteiger partial charge in [-0.3, -0.25) is 4.79 Å². The first-order valence-electron chi connectivity index (χ1n) is 10.2. The van der Waals surface area contributed by atoms with E-state index in [2.05, 4.69) is 40.1 Å². The molecule has 0 aromatic heterocycles. The second kappa shape index (κ2) is 8.47. The van der Waals surface area contributed by atoms with Gasteiger partial charge in [-0.25, -0.2) is 4.79 Å². The van der Waals surface area contributed by atoms with E-state index in [1.54, 1.807) is 6.07 Å². The van der Waals surface area contributed by atoms with Crippen LogP contribution in [0.1, 0.15) is 35.1 Å². The molecule has 2 heterocycles. The van der Waals surface area contributed by atoms with Crippen LogP contribution in [0.15, 0.2) is 55.3 Å². The molecule has 31 heavy (non-hydrogen) atoms. The fourth-order valence-electron chi connectivity index (χ4n) is 4.04. The molecule has 4 rings (SSSR count). The number of halogens is 1. The Morgan fingerprint density at radius 2 is 2.06 bits per heavy atom. The molecule has 7 heteroatoms. The average molecular weight is 437 g/mol. The van der Waals surface area contributed by atoms with Crippen LogP contribution in [0, 0.1) is 6.92 Å². The Morgan fingerprint density at radius 3 is 2.81 bits per heavy atom. The summed E-state index contributed by atoms with van der Waals surface area (Å²) in [6.45, 7) is 11.3. The number of amides is 3. The topological polar surface area (TPSA) is 73.5 Å². The van der Waals surface area contributed by atoms with Crippen molar-refractivity contribution in [3.8, 4) is 0 Å². The molecule has 2 aliphatic heterocycles. The van der Waals surface area contributed by atoms with Gasteiger partial charge in [0.15, 0.2) is 0 Å². The second-order valence-corrected chi connectivity index (χ2v) is 8.37. The molecule has 0 saturated carbocycles. The van der Waals surface area contributed by atoms with Crippen LogP contribution in [0.2, 0.25) is 5.02 Å². The lowest BCUT2D eigenvalue weighted by Crippen LogP contribution is -2.43. The predicted molar refractivity (Wildman–Crippen MR) is 123 cm³/mol. The lowest BCUT2D eigenvalue weighted by atomic mass is 10.0. The van der Waals surface area contributed by atoms with Crippen molar-refractivity contribution in [2.24, 2.45) is 0 Å². The van der Waals surface area contributed by atoms with E-state index in [4.69, 9.17) is 11.6 Å². The van der Waals surface area contributed by atoms with Crippen LogP contribution in [0.5, 0.6) is 0 Å². The Morgan fingerprint density at radius 1 is 1.26 bits per heavy atom. The van der Waals surface area contributed by atoms with E-state index in [0.29, 0.717) is 30.2 Å². The lowest BCUT2D eigenvalue weighted by Gasteiger charge is -2.34. The molecule has 0 spiro atoms. The van der Waals surface area contributed by atoms with Crippen molar-refractivity contribution in [2.75, 3.05) is 5.32 Å². The lowest BCUT2D eigenvalue weighted by molar-refractivity contribution is -0.121. The van der Waals surface area contributed by atoms with Crippen LogP contribution >= 0.6 is 11.6 Å². The van der Waals surface area contributed by atoms with E-state index < -0.39 is 0 Å². The zero-order valence-electron chi connectivity index (χ0n) is 17.4. The fraction of sp³-hybridized carbons (Fsp3) is 0.250. The molecule has 1 unspecified atom stereocenters. The molecule has 0 aliphatic carbocycles. The summed E-state index contributed by atoms with van der Waals surface area (Å²) in [7, 11) is 0. The van der Waals surface area contributed by atoms with Gasteiger partial charge < -0.3 is 20.9 Å². The summed E-state index contributed by atoms with van der Waals surface area (Å²) in [5.41, 5.74) is 6.51. The highest BCUT2D eigenvalue weighted by Gasteiger charge is 2.33. The summed E-state index contributed by atoms with van der Waals surface area (Å²) in [6.07, 6.45) is 1.22. The number of benzene rings is 2. The van der Waals surface area contributed by atoms with Crippen LogP contribution in [0.3, 0.4) is 0 Å². The summed E-state index contributed by atoms with van der Waals surface area (Å²) < 4.78 is 0. The first-order valence-corrected chi connectivity index (χ1v) is 10.6. The van der Waals surface area contributed by atoms with Crippen molar-refractivity contribution in [1.82, 2.24) is 15.5 Å². The molecule has 6 nitrogen and oxygen atoms in total. The van der Waals surface area contributed by atoms with E-state index in [1.165, 1.54) is 0 Å². The zero-order chi connectivity index (χ0) is 22.1. The number of nitrogens with zero attached hydrogens (tertiary/aromatic N) is 1. The number of rotatable bonds is 4. The summed E-state index contributed by atoms with van der Waals surface area (Å²) in [4.78, 5) is 26.0. The molecule has 2 aliphatic rings. The number of hydrogen-bond acceptors (Lipinski definition) is 3. The number of nitrogens with one attached hydrogen (secondary N) is 3. The molecule has 3 N–H and O–H groups in total. The van der Waals surface area contributed by atoms with Gasteiger partial charge in [0.25, 0.3) is 0 Å². The van der Waals surface area contributed by atoms with E-state index >= 15 is 0 Å². The van der Waals surface area contributed by atoms with Crippen molar-refractivity contribution in [1.29, 1.82) is 0 Å². The minimum absolute atomic E-state index is 0.0168. The normalized spacial score (nSPS) is 17.9. The quantitative estimate of drug-likeness (QED) is 0.658. The predicted octanol–water partition coefficient (Wildman–Crippen LogP) is 4.55. The van der Waals surface area contributed by atoms with E-state index in [0.717, 1.165) is 40.1 Å². The first-order chi connectivity index (χ1) is 14.8. The standard InChI is InChI=1S/C24H25ClN4O2/c1-14-4-6-19(11-21(14)25)28-24(31)26-12-17-5-7-20-16(3)29(13-18(20)10-17)22-8-9-23(30)27-15(22)2/h4-7,10-11,22H,2-3,8-9,12-13H2,1H3,(H,27,30)(H2,26,28,31). The summed E-state index contributed by atoms with van der Waals surface area (Å²) in [5, 5.41) is 9.13. The summed E-state index contributed by atoms with van der Waals surface area (Å²) in [5.74, 6) is 0.0168. The zero-order valence-corrected chi connectivity index (χ0v) is 18.2. The fourth-order valence-corrected chi connectivity index (χ4v) is 4.22. The van der Waals surface area contributed by atoms with Crippen LogP contribution in [0.25, 0.3) is 5.70 Å². The Labute approximate surface area is 187 Å². The largest absolute Gasteiger partial charge is 0.359 e. The van der Waals surface area contributed by atoms with Gasteiger partial charge in [0.1, 0.15) is 0 Å². The molecule has 160 valence electrons. The average Bonchev–Trinajstić information content (AvgIpc) is 3.05. The van der Waals surface area contributed by atoms with Crippen molar-refractivity contribution in [3.63, 3.8) is 0 Å². The van der Waals surface area contributed by atoms with Gasteiger partial charge in [0, 0.05) is 47.2 Å². The van der Waals surface area contributed by atoms with Gasteiger partial charge in [0.2, 0.25) is 5.91 Å². The van der Waals surface area contributed by atoms with Gasteiger partial charge in [-0.2, -0.15) is 0 Å². The van der Waals surface area contributed by atoms with Crippen LogP contribution in [0.4, 0.5) is 10.5 Å². The minimum atomic E-state index is -0.291. The van der Waals surface area contributed by atoms with Gasteiger partial charge in [-0.1, -0.05) is 49.0 Å². The molecular formula is C24H25ClN4O2. The number of anilines is 1. The molecule has 1 saturated heterocycles. The highest BCUT2D eigenvalue weighted by atomic mass is 35.5. The third-order valence-corrected chi connectivity index (χ3v) is 6.18. The van der Waals surface area contributed by atoms with Gasteiger partial charge in [0.05, 0.1) is 6.04 Å². The maximum absolute atomic E-state index is 12.3. The summed E-state index contributed by atoms with van der Waals surface area (Å²) in [6, 6.07) is 11.3. The van der Waals surface area contributed by atoms with Gasteiger partial charge >= 0.3 is 6.03 Å². The minimum Gasteiger partial charge on any atom is -0.359 e. The van der Waals surface area contributed by atoms with E-state index in [1.807, 2.05) is 31.2 Å². The van der Waals surface area contributed by atoms with Gasteiger partial charge in [-0.15, -0.1) is 0 Å². The molecule has 1 atom stereocenters. The van der Waals surface area contributed by atoms with Crippen LogP contribution in [-0.2, 0) is 17.9 Å². The molecule has 0 bridgehead atoms. The molecular weight excluding hydrogens is 412 g/mol. The SMILES string of the molecule is C=C1NC(=O)CCC1N1Cc2cc(CNC(=O)Nc3ccc(C)c(Cl)c3)ccc2C1=C. The number of piperidine rings is 1. The maximum atomic E-state index is 12.3. The van der Waals surface area contributed by atoms with Crippen molar-refractivity contribution < 1.29 is 9.59 Å². The molecule has 2 aromatic carbocycles. The third kappa shape index (κ3) is 4.44. The Bertz CT molecular complexity index is 1090. The van der Waals surface area contributed by atoms with Crippen LogP contribution in [-0.4, -0.2) is 22.9 Å². The number of fused-ring (bicyclic) bond motifs is 1.